The second kappa shape index (κ2) is 13.0. The molecule has 1 aliphatic heterocycles. The Kier molecular flexibility index (Phi) is 9.83. The summed E-state index contributed by atoms with van der Waals surface area (Å²) in [5, 5.41) is 9.66. The molecule has 0 aliphatic carbocycles. The highest BCUT2D eigenvalue weighted by atomic mass is 19.4. The number of aliphatic hydroxyl groups is 1. The van der Waals surface area contributed by atoms with Crippen LogP contribution in [-0.2, 0) is 28.2 Å². The van der Waals surface area contributed by atoms with Crippen LogP contribution in [0, 0.1) is 6.92 Å². The average Bonchev–Trinajstić information content (AvgIpc) is 2.94. The SMILES string of the molecule is CCOC(=O)CC1CN(Cc2ccc(-c3ccc(C(O)(C(F)(F)F)C(F)(F)F)cc3)c(C)c2)CCN1Cc1ccncc1. The van der Waals surface area contributed by atoms with E-state index < -0.39 is 23.5 Å². The number of rotatable bonds is 9. The fraction of sp³-hybridized carbons (Fsp3) is 0.419. The highest BCUT2D eigenvalue weighted by molar-refractivity contribution is 5.70. The maximum Gasteiger partial charge on any atom is 0.430 e. The maximum atomic E-state index is 13.2. The van der Waals surface area contributed by atoms with E-state index in [1.54, 1.807) is 25.4 Å². The number of ether oxygens (including phenoxy) is 1. The Morgan fingerprint density at radius 2 is 1.58 bits per heavy atom. The second-order valence-electron chi connectivity index (χ2n) is 10.7. The van der Waals surface area contributed by atoms with Crippen molar-refractivity contribution in [3.05, 3.63) is 89.2 Å². The molecule has 12 heteroatoms. The van der Waals surface area contributed by atoms with Gasteiger partial charge in [-0.3, -0.25) is 19.6 Å². The Balaban J connectivity index is 1.48. The lowest BCUT2D eigenvalue weighted by Gasteiger charge is -2.41. The average molecular weight is 610 g/mol. The van der Waals surface area contributed by atoms with Crippen molar-refractivity contribution in [2.45, 2.75) is 57.4 Å². The number of carbonyl (C=O) groups is 1. The van der Waals surface area contributed by atoms with Crippen molar-refractivity contribution < 1.29 is 41.0 Å². The van der Waals surface area contributed by atoms with Crippen LogP contribution in [0.1, 0.15) is 35.6 Å². The first kappa shape index (κ1) is 32.4. The van der Waals surface area contributed by atoms with Crippen molar-refractivity contribution in [2.75, 3.05) is 26.2 Å². The van der Waals surface area contributed by atoms with E-state index in [1.165, 1.54) is 0 Å². The monoisotopic (exact) mass is 609 g/mol. The van der Waals surface area contributed by atoms with Gasteiger partial charge in [0.1, 0.15) is 0 Å². The summed E-state index contributed by atoms with van der Waals surface area (Å²) in [5.74, 6) is -0.260. The zero-order chi connectivity index (χ0) is 31.4. The van der Waals surface area contributed by atoms with E-state index in [1.807, 2.05) is 31.2 Å². The normalized spacial score (nSPS) is 17.2. The summed E-state index contributed by atoms with van der Waals surface area (Å²) in [5.41, 5.74) is -2.36. The number of hydrogen-bond acceptors (Lipinski definition) is 6. The summed E-state index contributed by atoms with van der Waals surface area (Å²) in [6.07, 6.45) is -8.16. The van der Waals surface area contributed by atoms with E-state index in [-0.39, 0.29) is 18.4 Å². The van der Waals surface area contributed by atoms with Crippen LogP contribution in [-0.4, -0.2) is 70.5 Å². The lowest BCUT2D eigenvalue weighted by molar-refractivity contribution is -0.376. The predicted molar refractivity (Wildman–Crippen MR) is 148 cm³/mol. The molecule has 1 aliphatic rings. The van der Waals surface area contributed by atoms with Crippen LogP contribution in [0.5, 0.6) is 0 Å². The van der Waals surface area contributed by atoms with E-state index in [0.717, 1.165) is 41.9 Å². The minimum absolute atomic E-state index is 0.0631. The zero-order valence-corrected chi connectivity index (χ0v) is 23.8. The fourth-order valence-corrected chi connectivity index (χ4v) is 5.42. The Bertz CT molecular complexity index is 1370. The topological polar surface area (TPSA) is 65.9 Å². The maximum absolute atomic E-state index is 13.2. The van der Waals surface area contributed by atoms with Crippen molar-refractivity contribution in [3.8, 4) is 11.1 Å². The van der Waals surface area contributed by atoms with Crippen molar-refractivity contribution in [3.63, 3.8) is 0 Å². The molecule has 0 bridgehead atoms. The third-order valence-corrected chi connectivity index (χ3v) is 7.66. The van der Waals surface area contributed by atoms with Gasteiger partial charge in [-0.05, 0) is 53.8 Å². The summed E-state index contributed by atoms with van der Waals surface area (Å²) in [4.78, 5) is 20.9. The first-order chi connectivity index (χ1) is 20.2. The molecule has 0 amide bonds. The van der Waals surface area contributed by atoms with Crippen molar-refractivity contribution in [1.82, 2.24) is 14.8 Å². The van der Waals surface area contributed by atoms with Crippen molar-refractivity contribution in [1.29, 1.82) is 0 Å². The van der Waals surface area contributed by atoms with Crippen LogP contribution < -0.4 is 0 Å². The summed E-state index contributed by atoms with van der Waals surface area (Å²) >= 11 is 0. The molecule has 1 aromatic heterocycles. The van der Waals surface area contributed by atoms with Gasteiger partial charge < -0.3 is 9.84 Å². The van der Waals surface area contributed by atoms with E-state index in [9.17, 15) is 36.2 Å². The third-order valence-electron chi connectivity index (χ3n) is 7.66. The van der Waals surface area contributed by atoms with Gasteiger partial charge in [0.05, 0.1) is 13.0 Å². The van der Waals surface area contributed by atoms with Gasteiger partial charge in [0, 0.05) is 56.7 Å². The number of aromatic nitrogens is 1. The molecular formula is C31H33F6N3O3. The number of nitrogens with zero attached hydrogens (tertiary/aromatic N) is 3. The van der Waals surface area contributed by atoms with Crippen LogP contribution in [0.3, 0.4) is 0 Å². The molecule has 1 fully saturated rings. The minimum atomic E-state index is -5.94. The summed E-state index contributed by atoms with van der Waals surface area (Å²) in [6.45, 7) is 7.28. The number of alkyl halides is 6. The van der Waals surface area contributed by atoms with E-state index in [0.29, 0.717) is 49.5 Å². The largest absolute Gasteiger partial charge is 0.466 e. The molecule has 0 saturated carbocycles. The first-order valence-corrected chi connectivity index (χ1v) is 13.8. The number of esters is 1. The van der Waals surface area contributed by atoms with Crippen LogP contribution in [0.15, 0.2) is 67.0 Å². The van der Waals surface area contributed by atoms with Crippen LogP contribution in [0.25, 0.3) is 11.1 Å². The zero-order valence-electron chi connectivity index (χ0n) is 23.8. The molecule has 1 unspecified atom stereocenters. The number of piperazine rings is 1. The van der Waals surface area contributed by atoms with Gasteiger partial charge in [0.25, 0.3) is 5.60 Å². The van der Waals surface area contributed by atoms with Crippen LogP contribution in [0.4, 0.5) is 26.3 Å². The Labute approximate surface area is 245 Å². The standard InChI is InChI=1S/C31H33F6N3O3/c1-3-43-28(41)17-26-20-39(14-15-40(26)19-22-10-12-38-13-11-22)18-23-4-9-27(21(2)16-23)24-5-7-25(8-6-24)29(42,30(32,33)34)31(35,36)37/h4-13,16,26,42H,3,14-15,17-20H2,1-2H3. The van der Waals surface area contributed by atoms with Gasteiger partial charge in [-0.2, -0.15) is 26.3 Å². The number of halogens is 6. The molecule has 43 heavy (non-hydrogen) atoms. The highest BCUT2D eigenvalue weighted by Crippen LogP contribution is 2.50. The molecule has 1 atom stereocenters. The lowest BCUT2D eigenvalue weighted by Crippen LogP contribution is -2.53. The summed E-state index contributed by atoms with van der Waals surface area (Å²) in [7, 11) is 0. The molecule has 0 radical (unpaired) electrons. The highest BCUT2D eigenvalue weighted by Gasteiger charge is 2.71. The number of carbonyl (C=O) groups excluding carboxylic acids is 1. The quantitative estimate of drug-likeness (QED) is 0.237. The molecule has 1 N–H and O–H groups in total. The second-order valence-corrected chi connectivity index (χ2v) is 10.7. The number of pyridine rings is 1. The Morgan fingerprint density at radius 3 is 2.16 bits per heavy atom. The number of benzene rings is 2. The minimum Gasteiger partial charge on any atom is -0.466 e. The molecule has 232 valence electrons. The molecule has 6 nitrogen and oxygen atoms in total. The van der Waals surface area contributed by atoms with E-state index in [2.05, 4.69) is 14.8 Å². The van der Waals surface area contributed by atoms with Gasteiger partial charge in [-0.1, -0.05) is 42.5 Å². The van der Waals surface area contributed by atoms with Gasteiger partial charge in [-0.15, -0.1) is 0 Å². The number of hydrogen-bond donors (Lipinski definition) is 1. The summed E-state index contributed by atoms with van der Waals surface area (Å²) in [6, 6.07) is 13.0. The Hall–Kier alpha value is -3.48. The van der Waals surface area contributed by atoms with Crippen LogP contribution >= 0.6 is 0 Å². The predicted octanol–water partition coefficient (Wildman–Crippen LogP) is 6.01. The third kappa shape index (κ3) is 7.36. The van der Waals surface area contributed by atoms with Gasteiger partial charge in [-0.25, -0.2) is 0 Å². The van der Waals surface area contributed by atoms with Gasteiger partial charge >= 0.3 is 18.3 Å². The fourth-order valence-electron chi connectivity index (χ4n) is 5.42. The Morgan fingerprint density at radius 1 is 0.930 bits per heavy atom. The van der Waals surface area contributed by atoms with Crippen molar-refractivity contribution in [2.24, 2.45) is 0 Å². The van der Waals surface area contributed by atoms with E-state index in [4.69, 9.17) is 4.74 Å². The molecule has 0 spiro atoms. The first-order valence-electron chi connectivity index (χ1n) is 13.8. The van der Waals surface area contributed by atoms with Crippen LogP contribution in [0.2, 0.25) is 0 Å². The van der Waals surface area contributed by atoms with Gasteiger partial charge in [0.15, 0.2) is 0 Å². The molecule has 4 rings (SSSR count). The summed E-state index contributed by atoms with van der Waals surface area (Å²) < 4.78 is 84.7. The van der Waals surface area contributed by atoms with Crippen molar-refractivity contribution >= 4 is 5.97 Å². The molecule has 3 aromatic rings. The molecular weight excluding hydrogens is 576 g/mol. The molecule has 2 heterocycles. The molecule has 2 aromatic carbocycles. The van der Waals surface area contributed by atoms with Gasteiger partial charge in [0.2, 0.25) is 0 Å². The van der Waals surface area contributed by atoms with E-state index >= 15 is 0 Å². The smallest absolute Gasteiger partial charge is 0.430 e. The lowest BCUT2D eigenvalue weighted by atomic mass is 9.90. The molecule has 1 saturated heterocycles. The number of aryl methyl sites for hydroxylation is 1.